The molecule has 0 atom stereocenters. The van der Waals surface area contributed by atoms with Crippen LogP contribution in [0.1, 0.15) is 78.5 Å². The summed E-state index contributed by atoms with van der Waals surface area (Å²) in [6.07, 6.45) is 6.83. The molecule has 0 aliphatic heterocycles. The van der Waals surface area contributed by atoms with Crippen LogP contribution in [0.4, 0.5) is 4.39 Å². The van der Waals surface area contributed by atoms with Gasteiger partial charge < -0.3 is 14.6 Å². The second kappa shape index (κ2) is 9.78. The fourth-order valence-corrected chi connectivity index (χ4v) is 5.12. The third kappa shape index (κ3) is 5.61. The number of allylic oxidation sites excluding steroid dienone is 7. The lowest BCUT2D eigenvalue weighted by molar-refractivity contribution is -0.297. The van der Waals surface area contributed by atoms with E-state index in [0.717, 1.165) is 22.5 Å². The summed E-state index contributed by atoms with van der Waals surface area (Å²) < 4.78 is 22.0. The minimum Gasteiger partial charge on any atom is -0.545 e. The molecule has 0 unspecified atom stereocenters. The van der Waals surface area contributed by atoms with Crippen molar-refractivity contribution < 1.29 is 19.0 Å². The summed E-state index contributed by atoms with van der Waals surface area (Å²) in [6, 6.07) is 2.04. The molecule has 5 heteroatoms. The van der Waals surface area contributed by atoms with Gasteiger partial charge in [-0.1, -0.05) is 46.8 Å². The summed E-state index contributed by atoms with van der Waals surface area (Å²) in [5.41, 5.74) is 4.82. The summed E-state index contributed by atoms with van der Waals surface area (Å²) in [7, 11) is 0. The van der Waals surface area contributed by atoms with Crippen molar-refractivity contribution in [1.29, 1.82) is 0 Å². The number of hydrogen-bond donors (Lipinski definition) is 0. The molecule has 1 aromatic rings. The van der Waals surface area contributed by atoms with Gasteiger partial charge in [0.05, 0.1) is 17.0 Å². The van der Waals surface area contributed by atoms with Crippen molar-refractivity contribution in [3.63, 3.8) is 0 Å². The van der Waals surface area contributed by atoms with Crippen LogP contribution in [0, 0.1) is 5.41 Å². The molecule has 0 aromatic heterocycles. The molecule has 1 aromatic carbocycles. The van der Waals surface area contributed by atoms with Crippen molar-refractivity contribution in [2.45, 2.75) is 67.2 Å². The monoisotopic (exact) mass is 503 g/mol. The van der Waals surface area contributed by atoms with Crippen LogP contribution in [0.15, 0.2) is 46.2 Å². The van der Waals surface area contributed by atoms with Gasteiger partial charge in [-0.3, -0.25) is 0 Å². The molecule has 0 bridgehead atoms. The molecule has 0 saturated carbocycles. The zero-order valence-electron chi connectivity index (χ0n) is 20.3. The van der Waals surface area contributed by atoms with Crippen LogP contribution in [-0.4, -0.2) is 12.6 Å². The summed E-state index contributed by atoms with van der Waals surface area (Å²) >= 11 is 3.80. The van der Waals surface area contributed by atoms with Crippen LogP contribution in [0.5, 0.6) is 5.75 Å². The van der Waals surface area contributed by atoms with E-state index in [1.165, 1.54) is 23.3 Å². The zero-order valence-corrected chi connectivity index (χ0v) is 21.9. The predicted molar refractivity (Wildman–Crippen MR) is 132 cm³/mol. The van der Waals surface area contributed by atoms with E-state index in [0.29, 0.717) is 29.1 Å². The molecule has 0 fully saturated rings. The fraction of sp³-hybridized carbons (Fsp3) is 0.444. The van der Waals surface area contributed by atoms with Crippen molar-refractivity contribution in [2.24, 2.45) is 5.41 Å². The summed E-state index contributed by atoms with van der Waals surface area (Å²) in [5, 5.41) is 10.7. The van der Waals surface area contributed by atoms with Gasteiger partial charge in [-0.25, -0.2) is 4.39 Å². The standard InChI is InChI=1S/C27H34BrFO3/c1-9-32-25-18(17(3)21(29)11-10-16(2)14-22(30)31)15-19-20(26(4,5)6)12-13-27(7,8)23(19)24(25)28/h10-12,14-15H,9,13H2,1-8H3,(H,30,31)/p-1. The Balaban J connectivity index is 2.79. The Morgan fingerprint density at radius 3 is 2.44 bits per heavy atom. The summed E-state index contributed by atoms with van der Waals surface area (Å²) in [5.74, 6) is -1.15. The average Bonchev–Trinajstić information content (AvgIpc) is 2.65. The highest BCUT2D eigenvalue weighted by Crippen LogP contribution is 2.52. The highest BCUT2D eigenvalue weighted by atomic mass is 79.9. The smallest absolute Gasteiger partial charge is 0.141 e. The average molecular weight is 504 g/mol. The van der Waals surface area contributed by atoms with Crippen molar-refractivity contribution >= 4 is 33.0 Å². The van der Waals surface area contributed by atoms with Crippen LogP contribution in [0.2, 0.25) is 0 Å². The highest BCUT2D eigenvalue weighted by molar-refractivity contribution is 9.10. The normalized spacial score (nSPS) is 17.1. The third-order valence-corrected chi connectivity index (χ3v) is 6.46. The molecule has 32 heavy (non-hydrogen) atoms. The van der Waals surface area contributed by atoms with E-state index < -0.39 is 11.8 Å². The molecule has 0 spiro atoms. The Kier molecular flexibility index (Phi) is 7.98. The van der Waals surface area contributed by atoms with Gasteiger partial charge in [-0.2, -0.15) is 0 Å². The molecular formula is C27H33BrFO3-. The number of fused-ring (bicyclic) bond motifs is 1. The Labute approximate surface area is 199 Å². The number of carbonyl (C=O) groups is 1. The van der Waals surface area contributed by atoms with Gasteiger partial charge >= 0.3 is 0 Å². The quantitative estimate of drug-likeness (QED) is 0.312. The number of halogens is 2. The van der Waals surface area contributed by atoms with E-state index >= 15 is 4.39 Å². The van der Waals surface area contributed by atoms with Gasteiger partial charge in [0.2, 0.25) is 0 Å². The Hall–Kier alpha value is -2.14. The lowest BCUT2D eigenvalue weighted by Gasteiger charge is -2.38. The molecule has 0 saturated heterocycles. The van der Waals surface area contributed by atoms with Crippen molar-refractivity contribution in [3.05, 3.63) is 62.9 Å². The zero-order chi connectivity index (χ0) is 24.4. The molecule has 174 valence electrons. The van der Waals surface area contributed by atoms with Gasteiger partial charge in [0, 0.05) is 5.56 Å². The lowest BCUT2D eigenvalue weighted by Crippen LogP contribution is -2.26. The van der Waals surface area contributed by atoms with Gasteiger partial charge in [-0.15, -0.1) is 0 Å². The Morgan fingerprint density at radius 1 is 1.28 bits per heavy atom. The maximum atomic E-state index is 15.2. The number of ether oxygens (including phenoxy) is 1. The second-order valence-electron chi connectivity index (χ2n) is 9.89. The van der Waals surface area contributed by atoms with Gasteiger partial charge in [0.25, 0.3) is 0 Å². The van der Waals surface area contributed by atoms with Gasteiger partial charge in [0.15, 0.2) is 0 Å². The van der Waals surface area contributed by atoms with E-state index in [-0.39, 0.29) is 10.8 Å². The van der Waals surface area contributed by atoms with Gasteiger partial charge in [0.1, 0.15) is 11.6 Å². The molecule has 1 aliphatic rings. The first-order valence-corrected chi connectivity index (χ1v) is 11.6. The molecule has 2 rings (SSSR count). The Morgan fingerprint density at radius 2 is 1.91 bits per heavy atom. The van der Waals surface area contributed by atoms with Crippen LogP contribution < -0.4 is 9.84 Å². The van der Waals surface area contributed by atoms with Crippen LogP contribution in [0.25, 0.3) is 11.1 Å². The minimum atomic E-state index is -1.31. The Bertz CT molecular complexity index is 1030. The van der Waals surface area contributed by atoms with Crippen molar-refractivity contribution in [1.82, 2.24) is 0 Å². The van der Waals surface area contributed by atoms with Crippen LogP contribution >= 0.6 is 15.9 Å². The van der Waals surface area contributed by atoms with E-state index in [1.54, 1.807) is 13.8 Å². The number of benzene rings is 1. The number of carbonyl (C=O) groups excluding carboxylic acids is 1. The van der Waals surface area contributed by atoms with Crippen LogP contribution in [0.3, 0.4) is 0 Å². The highest BCUT2D eigenvalue weighted by Gasteiger charge is 2.36. The molecule has 0 radical (unpaired) electrons. The van der Waals surface area contributed by atoms with E-state index in [2.05, 4.69) is 56.6 Å². The number of aliphatic carboxylic acids is 1. The summed E-state index contributed by atoms with van der Waals surface area (Å²) in [4.78, 5) is 10.7. The van der Waals surface area contributed by atoms with E-state index in [1.807, 2.05) is 13.0 Å². The van der Waals surface area contributed by atoms with Gasteiger partial charge in [-0.05, 0) is 100 Å². The van der Waals surface area contributed by atoms with E-state index in [9.17, 15) is 9.90 Å². The molecule has 3 nitrogen and oxygen atoms in total. The van der Waals surface area contributed by atoms with Crippen LogP contribution in [-0.2, 0) is 10.2 Å². The first-order chi connectivity index (χ1) is 14.7. The van der Waals surface area contributed by atoms with Crippen molar-refractivity contribution in [2.75, 3.05) is 6.61 Å². The molecule has 1 aliphatic carbocycles. The largest absolute Gasteiger partial charge is 0.545 e. The summed E-state index contributed by atoms with van der Waals surface area (Å²) in [6.45, 7) is 16.6. The van der Waals surface area contributed by atoms with E-state index in [4.69, 9.17) is 4.74 Å². The first-order valence-electron chi connectivity index (χ1n) is 10.9. The third-order valence-electron chi connectivity index (χ3n) is 5.70. The number of carboxylic acids is 1. The number of carboxylic acid groups (broad SMARTS) is 1. The fourth-order valence-electron chi connectivity index (χ4n) is 4.04. The number of hydrogen-bond acceptors (Lipinski definition) is 3. The number of rotatable bonds is 6. The first kappa shape index (κ1) is 26.1. The minimum absolute atomic E-state index is 0.0715. The SMILES string of the molecule is CCOc1c(C(C)=C(F)C=CC(C)=CC(=O)[O-])cc2c(c1Br)C(C)(C)CC=C2C(C)(C)C. The van der Waals surface area contributed by atoms with Crippen molar-refractivity contribution in [3.8, 4) is 5.75 Å². The molecular weight excluding hydrogens is 471 g/mol. The molecule has 0 amide bonds. The maximum Gasteiger partial charge on any atom is 0.141 e. The predicted octanol–water partition coefficient (Wildman–Crippen LogP) is 6.91. The maximum absolute atomic E-state index is 15.2. The second-order valence-corrected chi connectivity index (χ2v) is 10.7. The lowest BCUT2D eigenvalue weighted by atomic mass is 9.67. The molecule has 0 N–H and O–H groups in total. The topological polar surface area (TPSA) is 49.4 Å². The molecule has 0 heterocycles.